The van der Waals surface area contributed by atoms with Gasteiger partial charge in [-0.25, -0.2) is 20.2 Å². The molecular weight excluding hydrogens is 335 g/mol. The smallest absolute Gasteiger partial charge is 0.170 e. The van der Waals surface area contributed by atoms with Crippen molar-refractivity contribution in [3.8, 4) is 17.1 Å². The van der Waals surface area contributed by atoms with Crippen LogP contribution in [0.1, 0.15) is 17.2 Å². The number of imidazole rings is 1. The third kappa shape index (κ3) is 3.30. The van der Waals surface area contributed by atoms with E-state index in [-0.39, 0.29) is 17.6 Å². The van der Waals surface area contributed by atoms with E-state index in [2.05, 4.69) is 26.4 Å². The first kappa shape index (κ1) is 16.6. The van der Waals surface area contributed by atoms with Crippen molar-refractivity contribution < 1.29 is 9.13 Å². The Morgan fingerprint density at radius 2 is 2.19 bits per heavy atom. The lowest BCUT2D eigenvalue weighted by molar-refractivity contribution is 0.383. The number of benzene rings is 1. The van der Waals surface area contributed by atoms with E-state index in [4.69, 9.17) is 4.74 Å². The summed E-state index contributed by atoms with van der Waals surface area (Å²) in [6.45, 7) is 1.15. The van der Waals surface area contributed by atoms with Gasteiger partial charge in [-0.3, -0.25) is 4.98 Å². The third-order valence-electron chi connectivity index (χ3n) is 4.34. The molecule has 0 bridgehead atoms. The minimum Gasteiger partial charge on any atom is -0.494 e. The molecule has 3 heterocycles. The van der Waals surface area contributed by atoms with Crippen molar-refractivity contribution in [1.29, 1.82) is 0 Å². The topological polar surface area (TPSA) is 76.0 Å². The number of pyridine rings is 1. The van der Waals surface area contributed by atoms with Crippen molar-refractivity contribution in [2.45, 2.75) is 12.6 Å². The number of rotatable bonds is 5. The van der Waals surface area contributed by atoms with Crippen LogP contribution in [0.2, 0.25) is 0 Å². The zero-order chi connectivity index (χ0) is 17.9. The highest BCUT2D eigenvalue weighted by atomic mass is 19.1. The molecule has 1 aliphatic rings. The van der Waals surface area contributed by atoms with Gasteiger partial charge in [0.25, 0.3) is 0 Å². The van der Waals surface area contributed by atoms with Crippen LogP contribution in [-0.2, 0) is 6.54 Å². The van der Waals surface area contributed by atoms with E-state index in [1.807, 2.05) is 22.9 Å². The Kier molecular flexibility index (Phi) is 4.61. The maximum atomic E-state index is 14.3. The van der Waals surface area contributed by atoms with E-state index in [1.165, 1.54) is 7.11 Å². The second kappa shape index (κ2) is 7.20. The highest BCUT2D eigenvalue weighted by molar-refractivity contribution is 5.54. The van der Waals surface area contributed by atoms with Gasteiger partial charge >= 0.3 is 0 Å². The molecule has 1 atom stereocenters. The van der Waals surface area contributed by atoms with Crippen LogP contribution in [0.5, 0.6) is 5.75 Å². The normalized spacial score (nSPS) is 16.8. The van der Waals surface area contributed by atoms with Crippen molar-refractivity contribution >= 4 is 0 Å². The van der Waals surface area contributed by atoms with E-state index in [0.717, 1.165) is 23.5 Å². The standard InChI is InChI=1S/C18H19FN6O/c1-26-17-4-2-3-13(18(17)19)9-25-10-16(21-11-25)14-7-12(5-6-20-14)15-8-22-24-23-15/h2-7,10-11,15,22-24H,8-9H2,1H3. The van der Waals surface area contributed by atoms with Crippen molar-refractivity contribution in [1.82, 2.24) is 30.9 Å². The number of hydrogen-bond acceptors (Lipinski definition) is 6. The predicted octanol–water partition coefficient (Wildman–Crippen LogP) is 1.79. The molecule has 26 heavy (non-hydrogen) atoms. The number of methoxy groups -OCH3 is 1. The molecule has 1 unspecified atom stereocenters. The molecule has 3 N–H and O–H groups in total. The van der Waals surface area contributed by atoms with Gasteiger partial charge in [-0.2, -0.15) is 5.53 Å². The minimum atomic E-state index is -0.349. The fourth-order valence-electron chi connectivity index (χ4n) is 2.96. The first-order valence-corrected chi connectivity index (χ1v) is 8.27. The van der Waals surface area contributed by atoms with Gasteiger partial charge in [-0.1, -0.05) is 12.1 Å². The second-order valence-electron chi connectivity index (χ2n) is 6.04. The fraction of sp³-hybridized carbons (Fsp3) is 0.222. The molecule has 3 aromatic rings. The van der Waals surface area contributed by atoms with Crippen LogP contribution >= 0.6 is 0 Å². The van der Waals surface area contributed by atoms with E-state index in [9.17, 15) is 4.39 Å². The zero-order valence-electron chi connectivity index (χ0n) is 14.2. The summed E-state index contributed by atoms with van der Waals surface area (Å²) in [6.07, 6.45) is 5.31. The number of nitrogens with one attached hydrogen (secondary N) is 3. The third-order valence-corrected chi connectivity index (χ3v) is 4.34. The predicted molar refractivity (Wildman–Crippen MR) is 94.5 cm³/mol. The maximum Gasteiger partial charge on any atom is 0.170 e. The largest absolute Gasteiger partial charge is 0.494 e. The van der Waals surface area contributed by atoms with Gasteiger partial charge in [-0.15, -0.1) is 0 Å². The SMILES string of the molecule is COc1cccc(Cn2cnc(-c3cc(C4CNNN4)ccn3)c2)c1F. The average molecular weight is 354 g/mol. The molecule has 2 aromatic heterocycles. The fourth-order valence-corrected chi connectivity index (χ4v) is 2.96. The summed E-state index contributed by atoms with van der Waals surface area (Å²) in [6, 6.07) is 9.27. The Bertz CT molecular complexity index is 906. The van der Waals surface area contributed by atoms with Crippen LogP contribution in [0.4, 0.5) is 4.39 Å². The molecule has 1 fully saturated rings. The lowest BCUT2D eigenvalue weighted by Crippen LogP contribution is -2.30. The molecule has 0 aliphatic carbocycles. The van der Waals surface area contributed by atoms with Crippen LogP contribution in [-0.4, -0.2) is 28.2 Å². The number of aromatic nitrogens is 3. The van der Waals surface area contributed by atoms with Crippen molar-refractivity contribution in [2.24, 2.45) is 0 Å². The molecule has 1 aromatic carbocycles. The van der Waals surface area contributed by atoms with Gasteiger partial charge in [0.05, 0.1) is 31.7 Å². The molecule has 0 radical (unpaired) electrons. The minimum absolute atomic E-state index is 0.171. The highest BCUT2D eigenvalue weighted by Gasteiger charge is 2.17. The molecule has 4 rings (SSSR count). The summed E-state index contributed by atoms with van der Waals surface area (Å²) in [5, 5.41) is 0. The lowest BCUT2D eigenvalue weighted by atomic mass is 10.1. The Hall–Kier alpha value is -2.81. The van der Waals surface area contributed by atoms with Crippen molar-refractivity contribution in [3.05, 3.63) is 66.0 Å². The molecule has 134 valence electrons. The van der Waals surface area contributed by atoms with Crippen LogP contribution in [0.3, 0.4) is 0 Å². The number of hydrogen-bond donors (Lipinski definition) is 3. The first-order chi connectivity index (χ1) is 12.7. The van der Waals surface area contributed by atoms with Crippen LogP contribution < -0.4 is 21.1 Å². The van der Waals surface area contributed by atoms with E-state index < -0.39 is 0 Å². The number of halogens is 1. The van der Waals surface area contributed by atoms with Crippen LogP contribution in [0.15, 0.2) is 49.1 Å². The molecular formula is C18H19FN6O. The van der Waals surface area contributed by atoms with Crippen LogP contribution in [0.25, 0.3) is 11.4 Å². The van der Waals surface area contributed by atoms with Gasteiger partial charge in [0.15, 0.2) is 11.6 Å². The van der Waals surface area contributed by atoms with E-state index in [0.29, 0.717) is 12.1 Å². The summed E-state index contributed by atoms with van der Waals surface area (Å²) < 4.78 is 21.2. The summed E-state index contributed by atoms with van der Waals surface area (Å²) in [5.41, 5.74) is 12.2. The molecule has 7 nitrogen and oxygen atoms in total. The van der Waals surface area contributed by atoms with Gasteiger partial charge in [-0.05, 0) is 23.8 Å². The van der Waals surface area contributed by atoms with Crippen molar-refractivity contribution in [2.75, 3.05) is 13.7 Å². The maximum absolute atomic E-state index is 14.3. The Balaban J connectivity index is 1.56. The Morgan fingerprint density at radius 3 is 3.00 bits per heavy atom. The first-order valence-electron chi connectivity index (χ1n) is 8.27. The lowest BCUT2D eigenvalue weighted by Gasteiger charge is -2.09. The van der Waals surface area contributed by atoms with Gasteiger partial charge in [0.2, 0.25) is 0 Å². The van der Waals surface area contributed by atoms with E-state index in [1.54, 1.807) is 30.7 Å². The Labute approximate surface area is 150 Å². The molecule has 0 spiro atoms. The number of hydrazine groups is 2. The van der Waals surface area contributed by atoms with Gasteiger partial charge < -0.3 is 9.30 Å². The molecule has 0 amide bonds. The Morgan fingerprint density at radius 1 is 1.27 bits per heavy atom. The monoisotopic (exact) mass is 354 g/mol. The summed E-state index contributed by atoms with van der Waals surface area (Å²) >= 11 is 0. The molecule has 0 saturated carbocycles. The highest BCUT2D eigenvalue weighted by Crippen LogP contribution is 2.23. The van der Waals surface area contributed by atoms with Gasteiger partial charge in [0, 0.05) is 24.5 Å². The van der Waals surface area contributed by atoms with Crippen molar-refractivity contribution in [3.63, 3.8) is 0 Å². The zero-order valence-corrected chi connectivity index (χ0v) is 14.2. The summed E-state index contributed by atoms with van der Waals surface area (Å²) in [5.74, 6) is -0.110. The number of nitrogens with zero attached hydrogens (tertiary/aromatic N) is 3. The molecule has 1 saturated heterocycles. The van der Waals surface area contributed by atoms with Gasteiger partial charge in [0.1, 0.15) is 5.69 Å². The second-order valence-corrected chi connectivity index (χ2v) is 6.04. The van der Waals surface area contributed by atoms with E-state index >= 15 is 0 Å². The average Bonchev–Trinajstić information content (AvgIpc) is 3.36. The molecule has 8 heteroatoms. The number of ether oxygens (including phenoxy) is 1. The summed E-state index contributed by atoms with van der Waals surface area (Å²) in [4.78, 5) is 8.83. The summed E-state index contributed by atoms with van der Waals surface area (Å²) in [7, 11) is 1.46. The van der Waals surface area contributed by atoms with Crippen LogP contribution in [0, 0.1) is 5.82 Å². The quantitative estimate of drug-likeness (QED) is 0.649. The molecule has 1 aliphatic heterocycles.